The van der Waals surface area contributed by atoms with E-state index in [0.717, 1.165) is 22.0 Å². The van der Waals surface area contributed by atoms with Gasteiger partial charge in [-0.2, -0.15) is 22.3 Å². The van der Waals surface area contributed by atoms with Crippen LogP contribution in [0, 0.1) is 13.8 Å². The summed E-state index contributed by atoms with van der Waals surface area (Å²) < 4.78 is 51.4. The van der Waals surface area contributed by atoms with Gasteiger partial charge in [-0.15, -0.1) is 0 Å². The molecule has 0 aliphatic heterocycles. The van der Waals surface area contributed by atoms with Crippen molar-refractivity contribution in [3.05, 3.63) is 89.7 Å². The Hall–Kier alpha value is -3.67. The molecule has 0 fully saturated rings. The molecule has 5 aromatic rings. The quantitative estimate of drug-likeness (QED) is 0.313. The van der Waals surface area contributed by atoms with Gasteiger partial charge in [0.1, 0.15) is 7.05 Å². The average molecular weight is 434 g/mol. The van der Waals surface area contributed by atoms with Crippen molar-refractivity contribution in [2.75, 3.05) is 0 Å². The number of benzene rings is 3. The lowest BCUT2D eigenvalue weighted by Crippen LogP contribution is -2.36. The Balaban J connectivity index is 1.83. The normalized spacial score (nSPS) is 12.1. The Morgan fingerprint density at radius 2 is 1.53 bits per heavy atom. The molecule has 2 aromatic heterocycles. The van der Waals surface area contributed by atoms with Crippen molar-refractivity contribution in [3.63, 3.8) is 0 Å². The molecule has 0 atom stereocenters. The van der Waals surface area contributed by atoms with Gasteiger partial charge in [0, 0.05) is 36.1 Å². The summed E-state index contributed by atoms with van der Waals surface area (Å²) in [5.74, 6) is 0.384. The maximum absolute atomic E-state index is 13.9. The van der Waals surface area contributed by atoms with E-state index in [1.54, 1.807) is 11.6 Å². The minimum absolute atomic E-state index is 0.384. The fourth-order valence-electron chi connectivity index (χ4n) is 4.23. The molecule has 0 amide bonds. The van der Waals surface area contributed by atoms with Crippen LogP contribution in [0.2, 0.25) is 0 Å². The van der Waals surface area contributed by atoms with Crippen LogP contribution >= 0.6 is 0 Å². The highest BCUT2D eigenvalue weighted by atomic mass is 19.4. The van der Waals surface area contributed by atoms with E-state index in [-0.39, 0.29) is 0 Å². The minimum Gasteiger partial charge on any atom is -0.398 e. The summed E-state index contributed by atoms with van der Waals surface area (Å²) in [4.78, 5) is 0. The Labute approximate surface area is 183 Å². The Bertz CT molecular complexity index is 1500. The van der Waals surface area contributed by atoms with Crippen LogP contribution in [0.3, 0.4) is 0 Å². The van der Waals surface area contributed by atoms with Crippen molar-refractivity contribution in [1.82, 2.24) is 0 Å². The van der Waals surface area contributed by atoms with Gasteiger partial charge in [0.2, 0.25) is 11.3 Å². The van der Waals surface area contributed by atoms with Crippen LogP contribution in [0.1, 0.15) is 16.8 Å². The second kappa shape index (κ2) is 7.19. The Kier molecular flexibility index (Phi) is 4.55. The number of alkyl halides is 3. The van der Waals surface area contributed by atoms with E-state index in [1.165, 1.54) is 12.1 Å². The maximum Gasteiger partial charge on any atom is 0.416 e. The number of fused-ring (bicyclic) bond motifs is 2. The number of pyridine rings is 1. The van der Waals surface area contributed by atoms with Crippen LogP contribution in [-0.4, -0.2) is 0 Å². The lowest BCUT2D eigenvalue weighted by Gasteiger charge is -2.12. The summed E-state index contributed by atoms with van der Waals surface area (Å²) in [6.45, 7) is 3.73. The molecule has 0 N–H and O–H groups in total. The van der Waals surface area contributed by atoms with Gasteiger partial charge in [-0.3, -0.25) is 0 Å². The lowest BCUT2D eigenvalue weighted by molar-refractivity contribution is -0.637. The third-order valence-corrected chi connectivity index (χ3v) is 5.94. The third-order valence-electron chi connectivity index (χ3n) is 5.94. The van der Waals surface area contributed by atoms with Gasteiger partial charge in [-0.05, 0) is 30.5 Å². The van der Waals surface area contributed by atoms with Crippen molar-refractivity contribution in [1.29, 1.82) is 0 Å². The van der Waals surface area contributed by atoms with Crippen molar-refractivity contribution in [2.24, 2.45) is 7.05 Å². The molecule has 5 rings (SSSR count). The summed E-state index contributed by atoms with van der Waals surface area (Å²) in [5.41, 5.74) is 3.15. The summed E-state index contributed by atoms with van der Waals surface area (Å²) in [5, 5.41) is 1.99. The zero-order valence-corrected chi connectivity index (χ0v) is 17.9. The highest BCUT2D eigenvalue weighted by Gasteiger charge is 2.36. The molecule has 0 aliphatic carbocycles. The van der Waals surface area contributed by atoms with Crippen molar-refractivity contribution in [3.8, 4) is 17.1 Å². The van der Waals surface area contributed by atoms with E-state index >= 15 is 0 Å². The van der Waals surface area contributed by atoms with Gasteiger partial charge in [-0.25, -0.2) is 0 Å². The predicted molar refractivity (Wildman–Crippen MR) is 116 cm³/mol. The first kappa shape index (κ1) is 20.2. The molecule has 160 valence electrons. The van der Waals surface area contributed by atoms with Crippen LogP contribution < -0.4 is 9.13 Å². The lowest BCUT2D eigenvalue weighted by atomic mass is 10.0. The highest BCUT2D eigenvalue weighted by Crippen LogP contribution is 2.36. The fraction of sp³-hybridized carbons (Fsp3) is 0.154. The average Bonchev–Trinajstić information content (AvgIpc) is 3.09. The molecular formula is C26H21F3N2O+2. The van der Waals surface area contributed by atoms with Crippen molar-refractivity contribution in [2.45, 2.75) is 20.0 Å². The molecule has 6 heteroatoms. The third kappa shape index (κ3) is 3.23. The number of hydrogen-bond acceptors (Lipinski definition) is 1. The van der Waals surface area contributed by atoms with Gasteiger partial charge in [-0.1, -0.05) is 30.3 Å². The largest absolute Gasteiger partial charge is 0.416 e. The number of aryl methyl sites for hydroxylation is 2. The molecule has 0 spiro atoms. The number of halogens is 3. The molecule has 3 aromatic carbocycles. The second-order valence-electron chi connectivity index (χ2n) is 8.01. The van der Waals surface area contributed by atoms with Crippen LogP contribution in [0.5, 0.6) is 0 Å². The highest BCUT2D eigenvalue weighted by molar-refractivity contribution is 5.81. The molecule has 0 bridgehead atoms. The Morgan fingerprint density at radius 3 is 2.25 bits per heavy atom. The van der Waals surface area contributed by atoms with E-state index in [9.17, 15) is 13.2 Å². The zero-order valence-electron chi connectivity index (χ0n) is 17.9. The van der Waals surface area contributed by atoms with Gasteiger partial charge >= 0.3 is 12.1 Å². The number of hydrogen-bond donors (Lipinski definition) is 0. The summed E-state index contributed by atoms with van der Waals surface area (Å²) in [7, 11) is 1.80. The van der Waals surface area contributed by atoms with Crippen LogP contribution in [0.4, 0.5) is 13.2 Å². The van der Waals surface area contributed by atoms with E-state index in [2.05, 4.69) is 0 Å². The number of aromatic nitrogens is 2. The molecule has 0 saturated carbocycles. The van der Waals surface area contributed by atoms with Crippen LogP contribution in [0.25, 0.3) is 39.0 Å². The van der Waals surface area contributed by atoms with E-state index in [4.69, 9.17) is 4.42 Å². The van der Waals surface area contributed by atoms with Gasteiger partial charge < -0.3 is 4.42 Å². The Morgan fingerprint density at radius 1 is 0.844 bits per heavy atom. The molecule has 32 heavy (non-hydrogen) atoms. The molecule has 2 heterocycles. The number of rotatable bonds is 2. The molecule has 0 radical (unpaired) electrons. The number of para-hydroxylation sites is 2. The first-order valence-electron chi connectivity index (χ1n) is 10.3. The van der Waals surface area contributed by atoms with E-state index in [1.807, 2.05) is 79.2 Å². The van der Waals surface area contributed by atoms with Crippen LogP contribution in [0.15, 0.2) is 77.3 Å². The monoisotopic (exact) mass is 434 g/mol. The molecule has 3 nitrogen and oxygen atoms in total. The summed E-state index contributed by atoms with van der Waals surface area (Å²) in [6, 6.07) is 19.6. The van der Waals surface area contributed by atoms with Gasteiger partial charge in [0.05, 0.1) is 11.1 Å². The number of nitrogens with zero attached hydrogens (tertiary/aromatic N) is 2. The zero-order chi connectivity index (χ0) is 22.6. The van der Waals surface area contributed by atoms with E-state index < -0.39 is 11.7 Å². The molecule has 0 unspecified atom stereocenters. The molecule has 0 saturated heterocycles. The second-order valence-corrected chi connectivity index (χ2v) is 8.01. The minimum atomic E-state index is -4.49. The molecule has 0 aliphatic rings. The van der Waals surface area contributed by atoms with Crippen molar-refractivity contribution < 1.29 is 26.7 Å². The van der Waals surface area contributed by atoms with Crippen molar-refractivity contribution >= 4 is 21.9 Å². The number of oxazole rings is 1. The predicted octanol–water partition coefficient (Wildman–Crippen LogP) is 5.99. The first-order valence-corrected chi connectivity index (χ1v) is 10.3. The first-order chi connectivity index (χ1) is 15.2. The van der Waals surface area contributed by atoms with E-state index in [0.29, 0.717) is 28.3 Å². The standard InChI is InChI=1S/C26H21F3N2O/c1-16-12-18-8-4-5-9-19(18)15-31(16)23-14-20(26(27,28)29)13-21(17(23)2)25-30(3)22-10-6-7-11-24(22)32-25/h4-15H,1-3H3/q+2. The molecular weight excluding hydrogens is 413 g/mol. The summed E-state index contributed by atoms with van der Waals surface area (Å²) in [6.07, 6.45) is -2.61. The van der Waals surface area contributed by atoms with Gasteiger partial charge in [0.15, 0.2) is 11.9 Å². The van der Waals surface area contributed by atoms with Crippen LogP contribution in [-0.2, 0) is 13.2 Å². The SMILES string of the molecule is Cc1c(-c2oc3ccccc3[n+]2C)cc(C(F)(F)F)cc1-[n+]1cc2ccccc2cc1C. The fourth-order valence-corrected chi connectivity index (χ4v) is 4.23. The smallest absolute Gasteiger partial charge is 0.398 e. The maximum atomic E-state index is 13.9. The van der Waals surface area contributed by atoms with Gasteiger partial charge in [0.25, 0.3) is 5.52 Å². The summed E-state index contributed by atoms with van der Waals surface area (Å²) >= 11 is 0. The topological polar surface area (TPSA) is 20.9 Å².